The normalized spacial score (nSPS) is 10.6. The Kier molecular flexibility index (Phi) is 8.60. The van der Waals surface area contributed by atoms with E-state index in [1.54, 1.807) is 0 Å². The summed E-state index contributed by atoms with van der Waals surface area (Å²) < 4.78 is 17.3. The monoisotopic (exact) mass is 347 g/mol. The summed E-state index contributed by atoms with van der Waals surface area (Å²) in [5.41, 5.74) is 1.12. The van der Waals surface area contributed by atoms with Crippen molar-refractivity contribution in [1.82, 2.24) is 5.32 Å². The van der Waals surface area contributed by atoms with E-state index < -0.39 is 0 Å². The molecule has 0 saturated carbocycles. The number of halogens is 1. The van der Waals surface area contributed by atoms with Crippen LogP contribution >= 0.6 is 15.9 Å². The molecule has 114 valence electrons. The first-order chi connectivity index (χ1) is 9.72. The average molecular weight is 348 g/mol. The van der Waals surface area contributed by atoms with Crippen molar-refractivity contribution >= 4 is 15.9 Å². The molecule has 1 rings (SSSR count). The predicted octanol–water partition coefficient (Wildman–Crippen LogP) is 1.95. The number of hydrogen-bond donors (Lipinski definition) is 2. The van der Waals surface area contributed by atoms with E-state index in [0.717, 1.165) is 16.6 Å². The topological polar surface area (TPSA) is 60.0 Å². The molecule has 0 unspecified atom stereocenters. The molecule has 5 nitrogen and oxygen atoms in total. The zero-order valence-electron chi connectivity index (χ0n) is 11.9. The van der Waals surface area contributed by atoms with E-state index >= 15 is 0 Å². The third-order valence-corrected chi connectivity index (χ3v) is 3.05. The van der Waals surface area contributed by atoms with Crippen LogP contribution in [0.4, 0.5) is 0 Å². The molecule has 0 fully saturated rings. The SMILES string of the molecule is CCOc1cc(CNC)cc(Br)c1OCCOCCO. The van der Waals surface area contributed by atoms with Crippen LogP contribution in [0.2, 0.25) is 0 Å². The van der Waals surface area contributed by atoms with E-state index in [4.69, 9.17) is 19.3 Å². The van der Waals surface area contributed by atoms with Crippen molar-refractivity contribution in [3.8, 4) is 11.5 Å². The van der Waals surface area contributed by atoms with Crippen LogP contribution in [0.3, 0.4) is 0 Å². The maximum absolute atomic E-state index is 8.62. The number of aliphatic hydroxyl groups is 1. The standard InChI is InChI=1S/C14H22BrNO4/c1-3-19-13-9-11(10-16-2)8-12(15)14(13)20-7-6-18-5-4-17/h8-9,16-17H,3-7,10H2,1-2H3. The molecule has 20 heavy (non-hydrogen) atoms. The molecule has 2 N–H and O–H groups in total. The van der Waals surface area contributed by atoms with Crippen LogP contribution in [0.15, 0.2) is 16.6 Å². The van der Waals surface area contributed by atoms with Gasteiger partial charge >= 0.3 is 0 Å². The molecule has 0 aliphatic carbocycles. The van der Waals surface area contributed by atoms with Gasteiger partial charge in [0.25, 0.3) is 0 Å². The lowest BCUT2D eigenvalue weighted by Gasteiger charge is -2.15. The molecular formula is C14H22BrNO4. The zero-order chi connectivity index (χ0) is 14.8. The average Bonchev–Trinajstić information content (AvgIpc) is 2.42. The Balaban J connectivity index is 2.71. The fourth-order valence-electron chi connectivity index (χ4n) is 1.70. The van der Waals surface area contributed by atoms with Crippen molar-refractivity contribution in [1.29, 1.82) is 0 Å². The third-order valence-electron chi connectivity index (χ3n) is 2.46. The highest BCUT2D eigenvalue weighted by atomic mass is 79.9. The summed E-state index contributed by atoms with van der Waals surface area (Å²) in [5, 5.41) is 11.7. The first-order valence-corrected chi connectivity index (χ1v) is 7.43. The number of ether oxygens (including phenoxy) is 3. The molecular weight excluding hydrogens is 326 g/mol. The zero-order valence-corrected chi connectivity index (χ0v) is 13.5. The third kappa shape index (κ3) is 5.66. The second-order valence-electron chi connectivity index (χ2n) is 4.05. The molecule has 1 aromatic rings. The molecule has 1 aromatic carbocycles. The van der Waals surface area contributed by atoms with Gasteiger partial charge in [-0.1, -0.05) is 0 Å². The number of nitrogens with one attached hydrogen (secondary N) is 1. The molecule has 0 aromatic heterocycles. The van der Waals surface area contributed by atoms with E-state index in [2.05, 4.69) is 21.2 Å². The van der Waals surface area contributed by atoms with Gasteiger partial charge in [-0.25, -0.2) is 0 Å². The minimum atomic E-state index is 0.0204. The van der Waals surface area contributed by atoms with Gasteiger partial charge in [0.05, 0.1) is 30.9 Å². The minimum absolute atomic E-state index is 0.0204. The van der Waals surface area contributed by atoms with Crippen LogP contribution in [0.1, 0.15) is 12.5 Å². The van der Waals surface area contributed by atoms with Crippen molar-refractivity contribution in [2.75, 3.05) is 40.1 Å². The van der Waals surface area contributed by atoms with Gasteiger partial charge in [0.15, 0.2) is 11.5 Å². The molecule has 0 spiro atoms. The molecule has 0 radical (unpaired) electrons. The van der Waals surface area contributed by atoms with E-state index in [0.29, 0.717) is 37.9 Å². The number of aliphatic hydroxyl groups excluding tert-OH is 1. The summed E-state index contributed by atoms with van der Waals surface area (Å²) in [5.74, 6) is 1.40. The van der Waals surface area contributed by atoms with Crippen LogP contribution in [-0.2, 0) is 11.3 Å². The van der Waals surface area contributed by atoms with Gasteiger partial charge < -0.3 is 24.6 Å². The molecule has 0 saturated heterocycles. The van der Waals surface area contributed by atoms with Gasteiger partial charge in [0.2, 0.25) is 0 Å². The quantitative estimate of drug-likeness (QED) is 0.633. The lowest BCUT2D eigenvalue weighted by atomic mass is 10.2. The molecule has 0 heterocycles. The Bertz CT molecular complexity index is 401. The number of hydrogen-bond acceptors (Lipinski definition) is 5. The highest BCUT2D eigenvalue weighted by Crippen LogP contribution is 2.36. The highest BCUT2D eigenvalue weighted by molar-refractivity contribution is 9.10. The van der Waals surface area contributed by atoms with Gasteiger partial charge in [-0.05, 0) is 47.6 Å². The van der Waals surface area contributed by atoms with Crippen LogP contribution in [0.25, 0.3) is 0 Å². The molecule has 0 aliphatic rings. The lowest BCUT2D eigenvalue weighted by Crippen LogP contribution is -2.11. The molecule has 0 aliphatic heterocycles. The Labute approximate surface area is 128 Å². The first kappa shape index (κ1) is 17.2. The lowest BCUT2D eigenvalue weighted by molar-refractivity contribution is 0.0695. The van der Waals surface area contributed by atoms with E-state index in [-0.39, 0.29) is 6.61 Å². The van der Waals surface area contributed by atoms with Crippen molar-refractivity contribution in [3.05, 3.63) is 22.2 Å². The second kappa shape index (κ2) is 9.99. The molecule has 0 amide bonds. The van der Waals surface area contributed by atoms with E-state index in [1.807, 2.05) is 26.1 Å². The first-order valence-electron chi connectivity index (χ1n) is 6.64. The Morgan fingerprint density at radius 3 is 2.65 bits per heavy atom. The van der Waals surface area contributed by atoms with Crippen LogP contribution in [0.5, 0.6) is 11.5 Å². The Hall–Kier alpha value is -0.820. The van der Waals surface area contributed by atoms with Crippen molar-refractivity contribution in [2.24, 2.45) is 0 Å². The fourth-order valence-corrected chi connectivity index (χ4v) is 2.30. The van der Waals surface area contributed by atoms with Gasteiger partial charge in [0, 0.05) is 6.54 Å². The summed E-state index contributed by atoms with van der Waals surface area (Å²) >= 11 is 3.51. The van der Waals surface area contributed by atoms with Crippen LogP contribution < -0.4 is 14.8 Å². The second-order valence-corrected chi connectivity index (χ2v) is 4.91. The summed E-state index contributed by atoms with van der Waals surface area (Å²) in [6.07, 6.45) is 0. The van der Waals surface area contributed by atoms with E-state index in [9.17, 15) is 0 Å². The Morgan fingerprint density at radius 2 is 2.00 bits per heavy atom. The highest BCUT2D eigenvalue weighted by Gasteiger charge is 2.12. The van der Waals surface area contributed by atoms with Gasteiger partial charge in [-0.2, -0.15) is 0 Å². The largest absolute Gasteiger partial charge is 0.490 e. The summed E-state index contributed by atoms with van der Waals surface area (Å²) in [6, 6.07) is 3.97. The Morgan fingerprint density at radius 1 is 1.20 bits per heavy atom. The molecule has 6 heteroatoms. The van der Waals surface area contributed by atoms with Crippen LogP contribution in [0, 0.1) is 0 Å². The smallest absolute Gasteiger partial charge is 0.175 e. The van der Waals surface area contributed by atoms with Gasteiger partial charge in [0.1, 0.15) is 6.61 Å². The summed E-state index contributed by atoms with van der Waals surface area (Å²) in [4.78, 5) is 0. The van der Waals surface area contributed by atoms with Gasteiger partial charge in [-0.3, -0.25) is 0 Å². The summed E-state index contributed by atoms with van der Waals surface area (Å²) in [7, 11) is 1.90. The molecule has 0 atom stereocenters. The number of rotatable bonds is 10. The van der Waals surface area contributed by atoms with Crippen LogP contribution in [-0.4, -0.2) is 45.2 Å². The van der Waals surface area contributed by atoms with E-state index in [1.165, 1.54) is 0 Å². The minimum Gasteiger partial charge on any atom is -0.490 e. The maximum Gasteiger partial charge on any atom is 0.175 e. The predicted molar refractivity (Wildman–Crippen MR) is 81.5 cm³/mol. The fraction of sp³-hybridized carbons (Fsp3) is 0.571. The van der Waals surface area contributed by atoms with Crippen molar-refractivity contribution in [3.63, 3.8) is 0 Å². The van der Waals surface area contributed by atoms with Crippen molar-refractivity contribution in [2.45, 2.75) is 13.5 Å². The maximum atomic E-state index is 8.62. The number of benzene rings is 1. The molecule has 0 bridgehead atoms. The summed E-state index contributed by atoms with van der Waals surface area (Å²) in [6.45, 7) is 4.45. The van der Waals surface area contributed by atoms with Gasteiger partial charge in [-0.15, -0.1) is 0 Å². The van der Waals surface area contributed by atoms with Crippen molar-refractivity contribution < 1.29 is 19.3 Å².